The number of hydrogen-bond acceptors (Lipinski definition) is 3. The number of likely N-dealkylation sites (tertiary alicyclic amines) is 1. The van der Waals surface area contributed by atoms with Gasteiger partial charge in [-0.2, -0.15) is 0 Å². The Morgan fingerprint density at radius 1 is 1.42 bits per heavy atom. The highest BCUT2D eigenvalue weighted by Crippen LogP contribution is 2.21. The number of nitrogens with one attached hydrogen (secondary N) is 2. The van der Waals surface area contributed by atoms with Crippen LogP contribution in [0, 0.1) is 11.7 Å². The molecule has 2 rings (SSSR count). The van der Waals surface area contributed by atoms with Gasteiger partial charge in [0.25, 0.3) is 0 Å². The third-order valence-corrected chi connectivity index (χ3v) is 4.16. The maximum atomic E-state index is 13.5. The smallest absolute Gasteiger partial charge is 0.317 e. The molecular formula is C16H22ClFN4O2. The van der Waals surface area contributed by atoms with E-state index in [2.05, 4.69) is 10.6 Å². The largest absolute Gasteiger partial charge is 0.338 e. The maximum absolute atomic E-state index is 13.5. The van der Waals surface area contributed by atoms with Gasteiger partial charge in [0.05, 0.1) is 10.9 Å². The third kappa shape index (κ3) is 4.82. The lowest BCUT2D eigenvalue weighted by molar-refractivity contribution is -0.121. The van der Waals surface area contributed by atoms with E-state index in [4.69, 9.17) is 17.3 Å². The highest BCUT2D eigenvalue weighted by atomic mass is 35.5. The van der Waals surface area contributed by atoms with Crippen molar-refractivity contribution in [3.05, 3.63) is 29.0 Å². The zero-order valence-electron chi connectivity index (χ0n) is 13.5. The number of rotatable bonds is 4. The molecule has 4 N–H and O–H groups in total. The van der Waals surface area contributed by atoms with Gasteiger partial charge in [0.15, 0.2) is 0 Å². The Bertz CT molecular complexity index is 614. The van der Waals surface area contributed by atoms with Crippen molar-refractivity contribution in [2.24, 2.45) is 11.7 Å². The molecule has 1 aromatic carbocycles. The molecule has 1 aliphatic heterocycles. The summed E-state index contributed by atoms with van der Waals surface area (Å²) in [7, 11) is 0. The molecule has 2 unspecified atom stereocenters. The van der Waals surface area contributed by atoms with Crippen molar-refractivity contribution in [1.29, 1.82) is 0 Å². The van der Waals surface area contributed by atoms with Crippen LogP contribution in [0.2, 0.25) is 5.02 Å². The summed E-state index contributed by atoms with van der Waals surface area (Å²) in [6, 6.07) is 3.57. The van der Waals surface area contributed by atoms with Gasteiger partial charge >= 0.3 is 6.03 Å². The summed E-state index contributed by atoms with van der Waals surface area (Å²) >= 11 is 5.63. The number of carbonyl (C=O) groups is 2. The molecule has 1 heterocycles. The lowest BCUT2D eigenvalue weighted by atomic mass is 9.94. The molecule has 0 aromatic heterocycles. The van der Waals surface area contributed by atoms with E-state index >= 15 is 0 Å². The Labute approximate surface area is 145 Å². The number of nitrogens with zero attached hydrogens (tertiary/aromatic N) is 1. The van der Waals surface area contributed by atoms with Gasteiger partial charge in [0.2, 0.25) is 5.91 Å². The second-order valence-corrected chi connectivity index (χ2v) is 6.35. The van der Waals surface area contributed by atoms with Crippen LogP contribution in [0.5, 0.6) is 0 Å². The van der Waals surface area contributed by atoms with Crippen molar-refractivity contribution < 1.29 is 14.0 Å². The third-order valence-electron chi connectivity index (χ3n) is 3.85. The summed E-state index contributed by atoms with van der Waals surface area (Å²) in [5.74, 6) is -1.34. The van der Waals surface area contributed by atoms with Crippen LogP contribution >= 0.6 is 11.6 Å². The minimum Gasteiger partial charge on any atom is -0.338 e. The SMILES string of the molecule is CCCNC(=O)N1CC(N)CC(C(=O)Nc2ccc(Cl)c(F)c2)C1. The Morgan fingerprint density at radius 3 is 2.83 bits per heavy atom. The van der Waals surface area contributed by atoms with Crippen LogP contribution < -0.4 is 16.4 Å². The molecular weight excluding hydrogens is 335 g/mol. The second-order valence-electron chi connectivity index (χ2n) is 5.95. The maximum Gasteiger partial charge on any atom is 0.317 e. The normalized spacial score (nSPS) is 20.6. The first kappa shape index (κ1) is 18.5. The number of piperidine rings is 1. The zero-order chi connectivity index (χ0) is 17.7. The van der Waals surface area contributed by atoms with Gasteiger partial charge < -0.3 is 21.3 Å². The van der Waals surface area contributed by atoms with E-state index < -0.39 is 11.7 Å². The Kier molecular flexibility index (Phi) is 6.39. The highest BCUT2D eigenvalue weighted by molar-refractivity contribution is 6.30. The van der Waals surface area contributed by atoms with E-state index in [1.54, 1.807) is 4.90 Å². The van der Waals surface area contributed by atoms with Crippen molar-refractivity contribution in [3.63, 3.8) is 0 Å². The van der Waals surface area contributed by atoms with Gasteiger partial charge in [-0.15, -0.1) is 0 Å². The topological polar surface area (TPSA) is 87.5 Å². The van der Waals surface area contributed by atoms with Gasteiger partial charge in [0.1, 0.15) is 5.82 Å². The number of nitrogens with two attached hydrogens (primary N) is 1. The lowest BCUT2D eigenvalue weighted by Crippen LogP contribution is -2.54. The molecule has 8 heteroatoms. The van der Waals surface area contributed by atoms with Crippen molar-refractivity contribution >= 4 is 29.2 Å². The number of hydrogen-bond donors (Lipinski definition) is 3. The van der Waals surface area contributed by atoms with Crippen LogP contribution in [-0.2, 0) is 4.79 Å². The van der Waals surface area contributed by atoms with Gasteiger partial charge in [-0.3, -0.25) is 4.79 Å². The van der Waals surface area contributed by atoms with Crippen molar-refractivity contribution in [1.82, 2.24) is 10.2 Å². The molecule has 0 saturated carbocycles. The summed E-state index contributed by atoms with van der Waals surface area (Å²) in [6.45, 7) is 3.23. The summed E-state index contributed by atoms with van der Waals surface area (Å²) in [6.07, 6.45) is 1.30. The molecule has 24 heavy (non-hydrogen) atoms. The number of amides is 3. The molecule has 1 fully saturated rings. The Morgan fingerprint density at radius 2 is 2.17 bits per heavy atom. The number of anilines is 1. The molecule has 2 atom stereocenters. The molecule has 132 valence electrons. The highest BCUT2D eigenvalue weighted by Gasteiger charge is 2.32. The molecule has 1 aromatic rings. The number of halogens is 2. The van der Waals surface area contributed by atoms with Gasteiger partial charge in [-0.25, -0.2) is 9.18 Å². The predicted octanol–water partition coefficient (Wildman–Crippen LogP) is 2.19. The summed E-state index contributed by atoms with van der Waals surface area (Å²) in [5.41, 5.74) is 6.30. The quantitative estimate of drug-likeness (QED) is 0.772. The van der Waals surface area contributed by atoms with E-state index in [-0.39, 0.29) is 29.5 Å². The minimum absolute atomic E-state index is 0.00791. The molecule has 0 radical (unpaired) electrons. The first-order valence-electron chi connectivity index (χ1n) is 7.95. The molecule has 6 nitrogen and oxygen atoms in total. The van der Waals surface area contributed by atoms with Crippen LogP contribution in [-0.4, -0.2) is 42.5 Å². The standard InChI is InChI=1S/C16H22ClFN4O2/c1-2-5-20-16(24)22-8-10(6-11(19)9-22)15(23)21-12-3-4-13(17)14(18)7-12/h3-4,7,10-11H,2,5-6,8-9,19H2,1H3,(H,20,24)(H,21,23). The number of carbonyl (C=O) groups excluding carboxylic acids is 2. The zero-order valence-corrected chi connectivity index (χ0v) is 14.3. The van der Waals surface area contributed by atoms with Crippen LogP contribution in [0.1, 0.15) is 19.8 Å². The summed E-state index contributed by atoms with van der Waals surface area (Å²) < 4.78 is 13.5. The van der Waals surface area contributed by atoms with Gasteiger partial charge in [-0.1, -0.05) is 18.5 Å². The van der Waals surface area contributed by atoms with Crippen molar-refractivity contribution in [3.8, 4) is 0 Å². The Hall–Kier alpha value is -1.86. The molecule has 0 spiro atoms. The van der Waals surface area contributed by atoms with Gasteiger partial charge in [-0.05, 0) is 31.0 Å². The van der Waals surface area contributed by atoms with E-state index in [0.29, 0.717) is 25.2 Å². The van der Waals surface area contributed by atoms with Crippen LogP contribution in [0.4, 0.5) is 14.9 Å². The molecule has 3 amide bonds. The Balaban J connectivity index is 1.99. The summed E-state index contributed by atoms with van der Waals surface area (Å²) in [5, 5.41) is 5.42. The average molecular weight is 357 g/mol. The fourth-order valence-electron chi connectivity index (χ4n) is 2.66. The van der Waals surface area contributed by atoms with E-state index in [9.17, 15) is 14.0 Å². The fraction of sp³-hybridized carbons (Fsp3) is 0.500. The van der Waals surface area contributed by atoms with E-state index in [1.165, 1.54) is 12.1 Å². The lowest BCUT2D eigenvalue weighted by Gasteiger charge is -2.35. The monoisotopic (exact) mass is 356 g/mol. The molecule has 1 saturated heterocycles. The number of urea groups is 1. The molecule has 0 bridgehead atoms. The predicted molar refractivity (Wildman–Crippen MR) is 91.4 cm³/mol. The van der Waals surface area contributed by atoms with E-state index in [0.717, 1.165) is 12.5 Å². The molecule has 0 aliphatic carbocycles. The van der Waals surface area contributed by atoms with Gasteiger partial charge in [0, 0.05) is 31.4 Å². The second kappa shape index (κ2) is 8.30. The van der Waals surface area contributed by atoms with Crippen LogP contribution in [0.25, 0.3) is 0 Å². The minimum atomic E-state index is -0.601. The van der Waals surface area contributed by atoms with Crippen LogP contribution in [0.3, 0.4) is 0 Å². The fourth-order valence-corrected chi connectivity index (χ4v) is 2.77. The molecule has 1 aliphatic rings. The first-order chi connectivity index (χ1) is 11.4. The van der Waals surface area contributed by atoms with Crippen molar-refractivity contribution in [2.75, 3.05) is 25.0 Å². The first-order valence-corrected chi connectivity index (χ1v) is 8.32. The number of benzene rings is 1. The van der Waals surface area contributed by atoms with Crippen LogP contribution in [0.15, 0.2) is 18.2 Å². The summed E-state index contributed by atoms with van der Waals surface area (Å²) in [4.78, 5) is 26.0. The van der Waals surface area contributed by atoms with E-state index in [1.807, 2.05) is 6.92 Å². The average Bonchev–Trinajstić information content (AvgIpc) is 2.55. The van der Waals surface area contributed by atoms with Crippen molar-refractivity contribution in [2.45, 2.75) is 25.8 Å².